The maximum atomic E-state index is 12.0. The molecule has 3 aromatic rings. The third kappa shape index (κ3) is 2.94. The Hall–Kier alpha value is -2.41. The molecule has 114 valence electrons. The molecule has 0 radical (unpaired) electrons. The number of aryl methyl sites for hydroxylation is 2. The highest BCUT2D eigenvalue weighted by atomic mass is 32.1. The summed E-state index contributed by atoms with van der Waals surface area (Å²) in [6, 6.07) is 1.90. The van der Waals surface area contributed by atoms with Gasteiger partial charge in [-0.25, -0.2) is 4.98 Å². The molecular formula is C15H16N4O2S. The number of pyridine rings is 1. The highest BCUT2D eigenvalue weighted by Gasteiger charge is 2.10. The highest BCUT2D eigenvalue weighted by molar-refractivity contribution is 7.15. The van der Waals surface area contributed by atoms with Gasteiger partial charge < -0.3 is 10.3 Å². The second-order valence-corrected chi connectivity index (χ2v) is 6.09. The Morgan fingerprint density at radius 1 is 1.45 bits per heavy atom. The fraction of sp³-hybridized carbons (Fsp3) is 0.267. The van der Waals surface area contributed by atoms with Crippen LogP contribution in [0.3, 0.4) is 0 Å². The first-order valence-electron chi connectivity index (χ1n) is 6.90. The van der Waals surface area contributed by atoms with Crippen molar-refractivity contribution >= 4 is 22.2 Å². The third-order valence-electron chi connectivity index (χ3n) is 3.44. The minimum Gasteiger partial charge on any atom is -0.351 e. The van der Waals surface area contributed by atoms with Crippen molar-refractivity contribution in [3.63, 3.8) is 0 Å². The van der Waals surface area contributed by atoms with Crippen molar-refractivity contribution in [1.82, 2.24) is 19.7 Å². The smallest absolute Gasteiger partial charge is 0.253 e. The van der Waals surface area contributed by atoms with Gasteiger partial charge in [-0.05, 0) is 25.5 Å². The Balaban J connectivity index is 1.65. The van der Waals surface area contributed by atoms with E-state index in [4.69, 9.17) is 0 Å². The number of hydrogen-bond acceptors (Lipinski definition) is 4. The summed E-state index contributed by atoms with van der Waals surface area (Å²) in [6.07, 6.45) is 3.95. The van der Waals surface area contributed by atoms with E-state index in [-0.39, 0.29) is 24.4 Å². The molecular weight excluding hydrogens is 300 g/mol. The summed E-state index contributed by atoms with van der Waals surface area (Å²) in [5.41, 5.74) is 2.85. The van der Waals surface area contributed by atoms with E-state index in [1.54, 1.807) is 0 Å². The van der Waals surface area contributed by atoms with Crippen molar-refractivity contribution in [2.75, 3.05) is 0 Å². The van der Waals surface area contributed by atoms with E-state index in [1.165, 1.54) is 11.3 Å². The molecule has 0 saturated heterocycles. The molecule has 0 atom stereocenters. The van der Waals surface area contributed by atoms with Crippen molar-refractivity contribution < 1.29 is 4.79 Å². The van der Waals surface area contributed by atoms with Crippen LogP contribution in [0.25, 0.3) is 4.96 Å². The van der Waals surface area contributed by atoms with E-state index in [2.05, 4.69) is 15.3 Å². The molecule has 0 unspecified atom stereocenters. The summed E-state index contributed by atoms with van der Waals surface area (Å²) in [6.45, 7) is 3.93. The molecule has 0 aliphatic rings. The standard InChI is InChI=1S/C15H16N4O2S/c1-9-5-10(2)17-14(21)12(9)7-16-13(20)6-11-8-19-3-4-22-15(19)18-11/h3-5,8H,6-7H2,1-2H3,(H,16,20)(H,17,21). The average molecular weight is 316 g/mol. The number of nitrogens with zero attached hydrogens (tertiary/aromatic N) is 2. The van der Waals surface area contributed by atoms with Crippen LogP contribution >= 0.6 is 11.3 Å². The summed E-state index contributed by atoms with van der Waals surface area (Å²) >= 11 is 1.53. The second-order valence-electron chi connectivity index (χ2n) is 5.22. The maximum absolute atomic E-state index is 12.0. The molecule has 0 aliphatic carbocycles. The van der Waals surface area contributed by atoms with E-state index in [1.807, 2.05) is 42.1 Å². The first-order valence-corrected chi connectivity index (χ1v) is 7.78. The highest BCUT2D eigenvalue weighted by Crippen LogP contribution is 2.11. The van der Waals surface area contributed by atoms with Gasteiger partial charge in [0.05, 0.1) is 12.1 Å². The van der Waals surface area contributed by atoms with Crippen LogP contribution in [0.4, 0.5) is 0 Å². The number of aromatic nitrogens is 3. The number of amides is 1. The van der Waals surface area contributed by atoms with Crippen LogP contribution in [0.5, 0.6) is 0 Å². The Kier molecular flexibility index (Phi) is 3.81. The molecule has 0 aliphatic heterocycles. The summed E-state index contributed by atoms with van der Waals surface area (Å²) < 4.78 is 1.89. The van der Waals surface area contributed by atoms with E-state index in [0.717, 1.165) is 21.9 Å². The number of imidazole rings is 1. The Morgan fingerprint density at radius 2 is 2.27 bits per heavy atom. The van der Waals surface area contributed by atoms with Gasteiger partial charge in [-0.3, -0.25) is 14.0 Å². The fourth-order valence-corrected chi connectivity index (χ4v) is 3.10. The van der Waals surface area contributed by atoms with Crippen molar-refractivity contribution in [3.8, 4) is 0 Å². The van der Waals surface area contributed by atoms with Gasteiger partial charge in [-0.1, -0.05) is 0 Å². The number of hydrogen-bond donors (Lipinski definition) is 2. The summed E-state index contributed by atoms with van der Waals surface area (Å²) in [4.78, 5) is 31.9. The first-order chi connectivity index (χ1) is 10.5. The second kappa shape index (κ2) is 5.76. The van der Waals surface area contributed by atoms with Crippen LogP contribution < -0.4 is 10.9 Å². The number of nitrogens with one attached hydrogen (secondary N) is 2. The lowest BCUT2D eigenvalue weighted by Gasteiger charge is -2.07. The number of H-pyrrole nitrogens is 1. The average Bonchev–Trinajstić information content (AvgIpc) is 2.98. The van der Waals surface area contributed by atoms with E-state index in [0.29, 0.717) is 5.56 Å². The molecule has 0 spiro atoms. The van der Waals surface area contributed by atoms with Gasteiger partial charge in [-0.2, -0.15) is 0 Å². The topological polar surface area (TPSA) is 79.3 Å². The monoisotopic (exact) mass is 316 g/mol. The van der Waals surface area contributed by atoms with Gasteiger partial charge in [0.25, 0.3) is 5.56 Å². The molecule has 0 fully saturated rings. The molecule has 22 heavy (non-hydrogen) atoms. The van der Waals surface area contributed by atoms with Gasteiger partial charge in [0.1, 0.15) is 0 Å². The summed E-state index contributed by atoms with van der Waals surface area (Å²) in [5, 5.41) is 4.72. The summed E-state index contributed by atoms with van der Waals surface area (Å²) in [5.74, 6) is -0.148. The van der Waals surface area contributed by atoms with E-state index >= 15 is 0 Å². The fourth-order valence-electron chi connectivity index (χ4n) is 2.38. The lowest BCUT2D eigenvalue weighted by Crippen LogP contribution is -2.29. The van der Waals surface area contributed by atoms with Crippen molar-refractivity contribution in [3.05, 3.63) is 56.7 Å². The number of rotatable bonds is 4. The summed E-state index contributed by atoms with van der Waals surface area (Å²) in [7, 11) is 0. The Morgan fingerprint density at radius 3 is 3.00 bits per heavy atom. The minimum absolute atomic E-state index is 0.148. The van der Waals surface area contributed by atoms with Crippen LogP contribution in [-0.2, 0) is 17.8 Å². The quantitative estimate of drug-likeness (QED) is 0.766. The van der Waals surface area contributed by atoms with Gasteiger partial charge in [0, 0.05) is 35.6 Å². The molecule has 0 aromatic carbocycles. The van der Waals surface area contributed by atoms with E-state index in [9.17, 15) is 9.59 Å². The minimum atomic E-state index is -0.152. The molecule has 0 saturated carbocycles. The van der Waals surface area contributed by atoms with Gasteiger partial charge in [0.15, 0.2) is 4.96 Å². The molecule has 0 bridgehead atoms. The lowest BCUT2D eigenvalue weighted by molar-refractivity contribution is -0.120. The predicted molar refractivity (Wildman–Crippen MR) is 85.2 cm³/mol. The van der Waals surface area contributed by atoms with Gasteiger partial charge in [-0.15, -0.1) is 11.3 Å². The van der Waals surface area contributed by atoms with Crippen molar-refractivity contribution in [1.29, 1.82) is 0 Å². The predicted octanol–water partition coefficient (Wildman–Crippen LogP) is 1.56. The molecule has 3 heterocycles. The number of fused-ring (bicyclic) bond motifs is 1. The van der Waals surface area contributed by atoms with E-state index < -0.39 is 0 Å². The SMILES string of the molecule is Cc1cc(C)c(CNC(=O)Cc2cn3ccsc3n2)c(=O)[nH]1. The molecule has 6 nitrogen and oxygen atoms in total. The van der Waals surface area contributed by atoms with Gasteiger partial charge in [0.2, 0.25) is 5.91 Å². The van der Waals surface area contributed by atoms with Crippen LogP contribution in [0.2, 0.25) is 0 Å². The van der Waals surface area contributed by atoms with Gasteiger partial charge >= 0.3 is 0 Å². The largest absolute Gasteiger partial charge is 0.351 e. The van der Waals surface area contributed by atoms with Crippen LogP contribution in [0.15, 0.2) is 28.6 Å². The zero-order valence-electron chi connectivity index (χ0n) is 12.3. The molecule has 2 N–H and O–H groups in total. The zero-order valence-corrected chi connectivity index (χ0v) is 13.2. The van der Waals surface area contributed by atoms with Crippen LogP contribution in [0.1, 0.15) is 22.5 Å². The molecule has 1 amide bonds. The van der Waals surface area contributed by atoms with Crippen molar-refractivity contribution in [2.45, 2.75) is 26.8 Å². The number of carbonyl (C=O) groups is 1. The Bertz CT molecular complexity index is 862. The number of carbonyl (C=O) groups excluding carboxylic acids is 1. The zero-order chi connectivity index (χ0) is 15.7. The molecule has 3 aromatic heterocycles. The molecule has 7 heteroatoms. The molecule has 3 rings (SSSR count). The first kappa shape index (κ1) is 14.5. The van der Waals surface area contributed by atoms with Crippen LogP contribution in [-0.4, -0.2) is 20.3 Å². The number of aromatic amines is 1. The number of thiazole rings is 1. The third-order valence-corrected chi connectivity index (χ3v) is 4.21. The lowest BCUT2D eigenvalue weighted by atomic mass is 10.1. The maximum Gasteiger partial charge on any atom is 0.253 e. The normalized spacial score (nSPS) is 11.0. The van der Waals surface area contributed by atoms with Crippen molar-refractivity contribution in [2.24, 2.45) is 0 Å². The van der Waals surface area contributed by atoms with Crippen LogP contribution in [0, 0.1) is 13.8 Å². The Labute approximate surface area is 130 Å².